The number of furan rings is 1. The topological polar surface area (TPSA) is 99.8 Å². The average molecular weight is 420 g/mol. The number of fused-ring (bicyclic) bond motifs is 3. The van der Waals surface area contributed by atoms with Gasteiger partial charge in [0.1, 0.15) is 17.1 Å². The molecule has 0 atom stereocenters. The van der Waals surface area contributed by atoms with E-state index < -0.39 is 0 Å². The predicted octanol–water partition coefficient (Wildman–Crippen LogP) is 4.64. The van der Waals surface area contributed by atoms with E-state index in [0.717, 1.165) is 5.39 Å². The minimum absolute atomic E-state index is 0.00983. The molecule has 2 aliphatic rings. The highest BCUT2D eigenvalue weighted by molar-refractivity contribution is 6.04. The summed E-state index contributed by atoms with van der Waals surface area (Å²) in [7, 11) is 1.47. The molecule has 156 valence electrons. The second kappa shape index (κ2) is 6.40. The molecule has 0 amide bonds. The van der Waals surface area contributed by atoms with Crippen molar-refractivity contribution in [1.29, 1.82) is 0 Å². The minimum atomic E-state index is 0.00983. The predicted molar refractivity (Wildman–Crippen MR) is 109 cm³/mol. The van der Waals surface area contributed by atoms with Gasteiger partial charge in [-0.15, -0.1) is 0 Å². The molecule has 8 heteroatoms. The van der Waals surface area contributed by atoms with E-state index in [0.29, 0.717) is 56.8 Å². The molecule has 0 saturated carbocycles. The number of rotatable bonds is 3. The van der Waals surface area contributed by atoms with Crippen molar-refractivity contribution >= 4 is 11.0 Å². The van der Waals surface area contributed by atoms with E-state index in [1.807, 2.05) is 6.07 Å². The molecule has 0 saturated heterocycles. The number of ether oxygens (including phenoxy) is 5. The molecule has 6 rings (SSSR count). The third-order valence-corrected chi connectivity index (χ3v) is 5.39. The maximum absolute atomic E-state index is 10.8. The van der Waals surface area contributed by atoms with Crippen molar-refractivity contribution in [3.05, 3.63) is 42.5 Å². The fraction of sp³-hybridized carbons (Fsp3) is 0.130. The van der Waals surface area contributed by atoms with Crippen LogP contribution in [0.1, 0.15) is 0 Å². The smallest absolute Gasteiger partial charge is 0.231 e. The van der Waals surface area contributed by atoms with Gasteiger partial charge in [0.15, 0.2) is 34.5 Å². The SMILES string of the molecule is COc1cc(-c2oc3cc4c(cc3c2-c2cc3c(cc2O)OCO3)OCO4)ccc1O. The van der Waals surface area contributed by atoms with Gasteiger partial charge in [0.2, 0.25) is 13.6 Å². The molecule has 0 bridgehead atoms. The second-order valence-corrected chi connectivity index (χ2v) is 7.12. The summed E-state index contributed by atoms with van der Waals surface area (Å²) in [6, 6.07) is 11.7. The van der Waals surface area contributed by atoms with Gasteiger partial charge in [0, 0.05) is 34.2 Å². The summed E-state index contributed by atoms with van der Waals surface area (Å²) >= 11 is 0. The van der Waals surface area contributed by atoms with Gasteiger partial charge < -0.3 is 38.3 Å². The fourth-order valence-corrected chi connectivity index (χ4v) is 3.91. The summed E-state index contributed by atoms with van der Waals surface area (Å²) in [5, 5.41) is 21.6. The van der Waals surface area contributed by atoms with Gasteiger partial charge in [-0.05, 0) is 30.3 Å². The van der Waals surface area contributed by atoms with Crippen LogP contribution in [0.5, 0.6) is 40.2 Å². The van der Waals surface area contributed by atoms with Crippen LogP contribution < -0.4 is 23.7 Å². The van der Waals surface area contributed by atoms with Crippen LogP contribution in [0.2, 0.25) is 0 Å². The van der Waals surface area contributed by atoms with Crippen LogP contribution in [0, 0.1) is 0 Å². The lowest BCUT2D eigenvalue weighted by atomic mass is 9.97. The highest BCUT2D eigenvalue weighted by Crippen LogP contribution is 2.51. The summed E-state index contributed by atoms with van der Waals surface area (Å²) in [4.78, 5) is 0. The first kappa shape index (κ1) is 17.6. The fourth-order valence-electron chi connectivity index (χ4n) is 3.91. The normalized spacial score (nSPS) is 13.7. The van der Waals surface area contributed by atoms with Gasteiger partial charge in [-0.1, -0.05) is 0 Å². The highest BCUT2D eigenvalue weighted by atomic mass is 16.7. The van der Waals surface area contributed by atoms with Crippen LogP contribution in [0.3, 0.4) is 0 Å². The molecule has 3 aromatic carbocycles. The molecule has 0 aliphatic carbocycles. The van der Waals surface area contributed by atoms with Gasteiger partial charge in [-0.2, -0.15) is 0 Å². The number of hydrogen-bond acceptors (Lipinski definition) is 8. The zero-order valence-corrected chi connectivity index (χ0v) is 16.3. The van der Waals surface area contributed by atoms with E-state index >= 15 is 0 Å². The van der Waals surface area contributed by atoms with E-state index in [1.165, 1.54) is 19.2 Å². The number of hydrogen-bond donors (Lipinski definition) is 2. The maximum Gasteiger partial charge on any atom is 0.231 e. The summed E-state index contributed by atoms with van der Waals surface area (Å²) in [6.07, 6.45) is 0. The lowest BCUT2D eigenvalue weighted by molar-refractivity contribution is 0.173. The van der Waals surface area contributed by atoms with Crippen molar-refractivity contribution in [2.24, 2.45) is 0 Å². The van der Waals surface area contributed by atoms with Crippen LogP contribution in [0.25, 0.3) is 33.4 Å². The summed E-state index contributed by atoms with van der Waals surface area (Å²) in [5.41, 5.74) is 2.35. The largest absolute Gasteiger partial charge is 0.507 e. The summed E-state index contributed by atoms with van der Waals surface area (Å²) in [6.45, 7) is 0.222. The first-order valence-electron chi connectivity index (χ1n) is 9.49. The lowest BCUT2D eigenvalue weighted by Crippen LogP contribution is -1.93. The Morgan fingerprint density at radius 2 is 1.45 bits per heavy atom. The van der Waals surface area contributed by atoms with Gasteiger partial charge in [-0.25, -0.2) is 0 Å². The van der Waals surface area contributed by atoms with E-state index in [-0.39, 0.29) is 25.1 Å². The Kier molecular flexibility index (Phi) is 3.64. The van der Waals surface area contributed by atoms with Crippen molar-refractivity contribution in [1.82, 2.24) is 0 Å². The average Bonchev–Trinajstić information content (AvgIpc) is 3.49. The lowest BCUT2D eigenvalue weighted by Gasteiger charge is -2.10. The summed E-state index contributed by atoms with van der Waals surface area (Å²) in [5.74, 6) is 2.96. The van der Waals surface area contributed by atoms with Crippen LogP contribution in [-0.2, 0) is 0 Å². The zero-order chi connectivity index (χ0) is 21.1. The van der Waals surface area contributed by atoms with Gasteiger partial charge in [-0.3, -0.25) is 0 Å². The van der Waals surface area contributed by atoms with Crippen LogP contribution in [0.4, 0.5) is 0 Å². The van der Waals surface area contributed by atoms with Crippen molar-refractivity contribution in [2.45, 2.75) is 0 Å². The number of benzene rings is 3. The summed E-state index contributed by atoms with van der Waals surface area (Å²) < 4.78 is 33.4. The Morgan fingerprint density at radius 3 is 2.19 bits per heavy atom. The molecule has 31 heavy (non-hydrogen) atoms. The van der Waals surface area contributed by atoms with Gasteiger partial charge >= 0.3 is 0 Å². The molecule has 2 aliphatic heterocycles. The van der Waals surface area contributed by atoms with Crippen molar-refractivity contribution in [2.75, 3.05) is 20.7 Å². The molecule has 2 N–H and O–H groups in total. The monoisotopic (exact) mass is 420 g/mol. The Bertz CT molecular complexity index is 1350. The van der Waals surface area contributed by atoms with Crippen LogP contribution in [-0.4, -0.2) is 30.9 Å². The highest BCUT2D eigenvalue weighted by Gasteiger charge is 2.27. The van der Waals surface area contributed by atoms with Gasteiger partial charge in [0.25, 0.3) is 0 Å². The molecule has 1 aromatic heterocycles. The first-order chi connectivity index (χ1) is 15.1. The quantitative estimate of drug-likeness (QED) is 0.494. The number of methoxy groups -OCH3 is 1. The molecule has 3 heterocycles. The Labute approximate surface area is 175 Å². The van der Waals surface area contributed by atoms with Crippen LogP contribution >= 0.6 is 0 Å². The van der Waals surface area contributed by atoms with Crippen LogP contribution in [0.15, 0.2) is 46.9 Å². The van der Waals surface area contributed by atoms with Crippen molar-refractivity contribution < 1.29 is 38.3 Å². The minimum Gasteiger partial charge on any atom is -0.507 e. The molecule has 0 radical (unpaired) electrons. The Hall–Kier alpha value is -4.20. The van der Waals surface area contributed by atoms with Crippen molar-refractivity contribution in [3.8, 4) is 62.7 Å². The van der Waals surface area contributed by atoms with E-state index in [4.69, 9.17) is 28.1 Å². The molecular weight excluding hydrogens is 404 g/mol. The molecule has 0 unspecified atom stereocenters. The number of phenols is 2. The number of aromatic hydroxyl groups is 2. The Morgan fingerprint density at radius 1 is 0.774 bits per heavy atom. The molecule has 4 aromatic rings. The molecule has 8 nitrogen and oxygen atoms in total. The molecule has 0 fully saturated rings. The van der Waals surface area contributed by atoms with Gasteiger partial charge in [0.05, 0.1) is 7.11 Å². The third-order valence-electron chi connectivity index (χ3n) is 5.39. The maximum atomic E-state index is 10.8. The van der Waals surface area contributed by atoms with E-state index in [9.17, 15) is 10.2 Å². The molecule has 0 spiro atoms. The second-order valence-electron chi connectivity index (χ2n) is 7.12. The van der Waals surface area contributed by atoms with Crippen molar-refractivity contribution in [3.63, 3.8) is 0 Å². The number of phenolic OH excluding ortho intramolecular Hbond substituents is 2. The third kappa shape index (κ3) is 2.61. The molecular formula is C23H16O8. The first-order valence-corrected chi connectivity index (χ1v) is 9.49. The zero-order valence-electron chi connectivity index (χ0n) is 16.3. The van der Waals surface area contributed by atoms with E-state index in [1.54, 1.807) is 24.3 Å². The standard InChI is InChI=1S/C23H16O8/c1-26-17-4-11(2-3-14(17)24)23-22(12-5-18-20(7-15(12)25)29-9-27-18)13-6-19-21(30-10-28-19)8-16(13)31-23/h2-8,24-25H,9-10H2,1H3. The Balaban J connectivity index is 1.66. The van der Waals surface area contributed by atoms with E-state index in [2.05, 4.69) is 0 Å².